The summed E-state index contributed by atoms with van der Waals surface area (Å²) in [6, 6.07) is 11.9. The third kappa shape index (κ3) is 8.17. The molecule has 0 spiro atoms. The number of nitrogens with one attached hydrogen (secondary N) is 1. The van der Waals surface area contributed by atoms with Gasteiger partial charge in [-0.25, -0.2) is 0 Å². The Bertz CT molecular complexity index is 768. The molecular weight excluding hydrogens is 386 g/mol. The lowest BCUT2D eigenvalue weighted by molar-refractivity contribution is 0.0981. The summed E-state index contributed by atoms with van der Waals surface area (Å²) in [5, 5.41) is 13.1. The van der Waals surface area contributed by atoms with E-state index in [0.717, 1.165) is 41.0 Å². The van der Waals surface area contributed by atoms with Crippen LogP contribution in [0, 0.1) is 20.8 Å². The molecule has 160 valence electrons. The molecule has 0 saturated heterocycles. The van der Waals surface area contributed by atoms with Gasteiger partial charge in [-0.15, -0.1) is 12.4 Å². The highest BCUT2D eigenvalue weighted by Gasteiger charge is 2.13. The molecule has 2 rings (SSSR count). The predicted molar refractivity (Wildman–Crippen MR) is 122 cm³/mol. The van der Waals surface area contributed by atoms with Crippen molar-refractivity contribution in [3.63, 3.8) is 0 Å². The molecule has 1 atom stereocenters. The molecule has 0 fully saturated rings. The fourth-order valence-corrected chi connectivity index (χ4v) is 3.49. The lowest BCUT2D eigenvalue weighted by Gasteiger charge is -2.14. The molecule has 2 aromatic rings. The summed E-state index contributed by atoms with van der Waals surface area (Å²) in [5.41, 5.74) is 5.19. The number of benzene rings is 2. The zero-order valence-corrected chi connectivity index (χ0v) is 18.8. The molecule has 0 aliphatic heterocycles. The first kappa shape index (κ1) is 25.2. The molecule has 4 nitrogen and oxygen atoms in total. The largest absolute Gasteiger partial charge is 0.491 e. The van der Waals surface area contributed by atoms with Crippen molar-refractivity contribution in [2.75, 3.05) is 19.7 Å². The highest BCUT2D eigenvalue weighted by Crippen LogP contribution is 2.20. The van der Waals surface area contributed by atoms with Crippen LogP contribution in [-0.2, 0) is 6.42 Å². The number of ketones is 1. The van der Waals surface area contributed by atoms with E-state index in [1.54, 1.807) is 0 Å². The molecule has 0 aliphatic carbocycles. The Kier molecular flexibility index (Phi) is 11.0. The van der Waals surface area contributed by atoms with Crippen LogP contribution < -0.4 is 10.1 Å². The van der Waals surface area contributed by atoms with Gasteiger partial charge in [0, 0.05) is 18.5 Å². The Balaban J connectivity index is 0.00000420. The zero-order chi connectivity index (χ0) is 20.5. The maximum atomic E-state index is 12.7. The number of carbonyl (C=O) groups excluding carboxylic acids is 1. The Morgan fingerprint density at radius 2 is 1.83 bits per heavy atom. The van der Waals surface area contributed by atoms with Crippen molar-refractivity contribution < 1.29 is 14.6 Å². The van der Waals surface area contributed by atoms with Crippen LogP contribution in [0.1, 0.15) is 52.4 Å². The van der Waals surface area contributed by atoms with Crippen LogP contribution in [0.2, 0.25) is 0 Å². The van der Waals surface area contributed by atoms with Gasteiger partial charge in [-0.1, -0.05) is 36.8 Å². The highest BCUT2D eigenvalue weighted by atomic mass is 35.5. The molecule has 0 amide bonds. The summed E-state index contributed by atoms with van der Waals surface area (Å²) in [5.74, 6) is 0.904. The first-order valence-electron chi connectivity index (χ1n) is 10.1. The lowest BCUT2D eigenvalue weighted by Crippen LogP contribution is -2.31. The van der Waals surface area contributed by atoms with Crippen LogP contribution in [0.25, 0.3) is 0 Å². The van der Waals surface area contributed by atoms with Crippen LogP contribution in [0.15, 0.2) is 36.4 Å². The minimum absolute atomic E-state index is 0. The second-order valence-electron chi connectivity index (χ2n) is 7.51. The van der Waals surface area contributed by atoms with Crippen molar-refractivity contribution >= 4 is 18.2 Å². The molecule has 0 aliphatic rings. The van der Waals surface area contributed by atoms with Crippen molar-refractivity contribution in [2.45, 2.75) is 53.1 Å². The SMILES string of the molecule is CCCNCC(O)COc1cccc(CCC(=O)c2c(C)cc(C)cc2C)c1.Cl. The first-order chi connectivity index (χ1) is 13.4. The molecular formula is C24H34ClNO3. The van der Waals surface area contributed by atoms with E-state index in [-0.39, 0.29) is 24.8 Å². The monoisotopic (exact) mass is 419 g/mol. The number of hydrogen-bond acceptors (Lipinski definition) is 4. The van der Waals surface area contributed by atoms with E-state index >= 15 is 0 Å². The van der Waals surface area contributed by atoms with Gasteiger partial charge in [0.2, 0.25) is 0 Å². The van der Waals surface area contributed by atoms with E-state index in [1.807, 2.05) is 38.1 Å². The van der Waals surface area contributed by atoms with Gasteiger partial charge in [0.25, 0.3) is 0 Å². The fourth-order valence-electron chi connectivity index (χ4n) is 3.49. The molecule has 0 bridgehead atoms. The molecule has 1 unspecified atom stereocenters. The van der Waals surface area contributed by atoms with Crippen molar-refractivity contribution in [2.24, 2.45) is 0 Å². The third-order valence-corrected chi connectivity index (χ3v) is 4.74. The van der Waals surface area contributed by atoms with Crippen LogP contribution >= 0.6 is 12.4 Å². The predicted octanol–water partition coefficient (Wildman–Crippen LogP) is 4.59. The maximum absolute atomic E-state index is 12.7. The number of ether oxygens (including phenoxy) is 1. The maximum Gasteiger partial charge on any atom is 0.163 e. The van der Waals surface area contributed by atoms with Crippen LogP contribution in [0.3, 0.4) is 0 Å². The number of halogens is 1. The van der Waals surface area contributed by atoms with Gasteiger partial charge in [-0.2, -0.15) is 0 Å². The number of aliphatic hydroxyl groups excluding tert-OH is 1. The standard InChI is InChI=1S/C24H33NO3.ClH/c1-5-11-25-15-21(26)16-28-22-8-6-7-20(14-22)9-10-23(27)24-18(3)12-17(2)13-19(24)4;/h6-8,12-14,21,25-26H,5,9-11,15-16H2,1-4H3;1H. The van der Waals surface area contributed by atoms with Crippen molar-refractivity contribution in [3.8, 4) is 5.75 Å². The number of rotatable bonds is 11. The summed E-state index contributed by atoms with van der Waals surface area (Å²) in [6.45, 7) is 9.81. The Hall–Kier alpha value is -1.88. The van der Waals surface area contributed by atoms with E-state index in [4.69, 9.17) is 4.74 Å². The lowest BCUT2D eigenvalue weighted by atomic mass is 9.93. The van der Waals surface area contributed by atoms with Crippen molar-refractivity contribution in [1.29, 1.82) is 0 Å². The Labute approximate surface area is 181 Å². The molecule has 0 saturated carbocycles. The minimum atomic E-state index is -0.538. The number of hydrogen-bond donors (Lipinski definition) is 2. The average Bonchev–Trinajstić information content (AvgIpc) is 2.64. The molecule has 0 heterocycles. The van der Waals surface area contributed by atoms with E-state index in [9.17, 15) is 9.90 Å². The van der Waals surface area contributed by atoms with Crippen molar-refractivity contribution in [3.05, 3.63) is 64.2 Å². The van der Waals surface area contributed by atoms with E-state index in [2.05, 4.69) is 31.3 Å². The van der Waals surface area contributed by atoms with Gasteiger partial charge in [-0.3, -0.25) is 4.79 Å². The van der Waals surface area contributed by atoms with Crippen LogP contribution in [-0.4, -0.2) is 36.7 Å². The Morgan fingerprint density at radius 1 is 1.14 bits per heavy atom. The first-order valence-corrected chi connectivity index (χ1v) is 10.1. The number of carbonyl (C=O) groups is 1. The quantitative estimate of drug-likeness (QED) is 0.413. The molecule has 2 aromatic carbocycles. The van der Waals surface area contributed by atoms with Gasteiger partial charge >= 0.3 is 0 Å². The molecule has 0 aromatic heterocycles. The topological polar surface area (TPSA) is 58.6 Å². The van der Waals surface area contributed by atoms with Crippen molar-refractivity contribution in [1.82, 2.24) is 5.32 Å². The summed E-state index contributed by atoms with van der Waals surface area (Å²) in [6.07, 6.45) is 1.64. The normalized spacial score (nSPS) is 11.6. The average molecular weight is 420 g/mol. The number of Topliss-reactive ketones (excluding diaryl/α,β-unsaturated/α-hetero) is 1. The van der Waals surface area contributed by atoms with E-state index < -0.39 is 6.10 Å². The minimum Gasteiger partial charge on any atom is -0.491 e. The van der Waals surface area contributed by atoms with Gasteiger partial charge in [0.15, 0.2) is 5.78 Å². The molecule has 29 heavy (non-hydrogen) atoms. The second kappa shape index (κ2) is 12.6. The number of aliphatic hydroxyl groups is 1. The Morgan fingerprint density at radius 3 is 2.48 bits per heavy atom. The highest BCUT2D eigenvalue weighted by molar-refractivity contribution is 5.99. The third-order valence-electron chi connectivity index (χ3n) is 4.74. The fraction of sp³-hybridized carbons (Fsp3) is 0.458. The zero-order valence-electron chi connectivity index (χ0n) is 18.0. The van der Waals surface area contributed by atoms with Gasteiger partial charge < -0.3 is 15.2 Å². The molecule has 2 N–H and O–H groups in total. The van der Waals surface area contributed by atoms with Gasteiger partial charge in [0.05, 0.1) is 0 Å². The van der Waals surface area contributed by atoms with Crippen LogP contribution in [0.5, 0.6) is 5.75 Å². The molecule has 5 heteroatoms. The van der Waals surface area contributed by atoms with Crippen LogP contribution in [0.4, 0.5) is 0 Å². The van der Waals surface area contributed by atoms with E-state index in [1.165, 1.54) is 5.56 Å². The second-order valence-corrected chi connectivity index (χ2v) is 7.51. The summed E-state index contributed by atoms with van der Waals surface area (Å²) in [7, 11) is 0. The smallest absolute Gasteiger partial charge is 0.163 e. The summed E-state index contributed by atoms with van der Waals surface area (Å²) < 4.78 is 5.71. The van der Waals surface area contributed by atoms with Gasteiger partial charge in [-0.05, 0) is 69.0 Å². The molecule has 0 radical (unpaired) electrons. The number of aryl methyl sites for hydroxylation is 4. The van der Waals surface area contributed by atoms with Gasteiger partial charge in [0.1, 0.15) is 18.5 Å². The summed E-state index contributed by atoms with van der Waals surface area (Å²) in [4.78, 5) is 12.7. The summed E-state index contributed by atoms with van der Waals surface area (Å²) >= 11 is 0. The van der Waals surface area contributed by atoms with E-state index in [0.29, 0.717) is 19.4 Å².